The third-order valence-electron chi connectivity index (χ3n) is 11.0. The van der Waals surface area contributed by atoms with E-state index >= 15 is 0 Å². The first kappa shape index (κ1) is 46.5. The van der Waals surface area contributed by atoms with Crippen molar-refractivity contribution in [2.24, 2.45) is 23.7 Å². The van der Waals surface area contributed by atoms with Crippen molar-refractivity contribution in [3.63, 3.8) is 0 Å². The number of carbonyl (C=O) groups is 1. The molecule has 299 valence electrons. The Morgan fingerprint density at radius 1 is 0.836 bits per heavy atom. The molecule has 0 aliphatic carbocycles. The fourth-order valence-electron chi connectivity index (χ4n) is 8.34. The van der Waals surface area contributed by atoms with E-state index in [0.29, 0.717) is 11.8 Å². The Kier molecular flexibility index (Phi) is 17.3. The van der Waals surface area contributed by atoms with Crippen molar-refractivity contribution in [2.75, 3.05) is 0 Å². The maximum Gasteiger partial charge on any atom is 0.162 e. The van der Waals surface area contributed by atoms with E-state index in [1.165, 1.54) is 50.1 Å². The predicted octanol–water partition coefficient (Wildman–Crippen LogP) is 13.3. The molecule has 0 amide bonds. The summed E-state index contributed by atoms with van der Waals surface area (Å²) in [5.41, 5.74) is 5.03. The molecule has 0 saturated heterocycles. The Morgan fingerprint density at radius 2 is 1.40 bits per heavy atom. The quantitative estimate of drug-likeness (QED) is 0.0522. The third-order valence-corrected chi connectivity index (χ3v) is 19.4. The molecule has 6 heteroatoms. The molecule has 2 aromatic heterocycles. The van der Waals surface area contributed by atoms with Crippen molar-refractivity contribution >= 4 is 55.7 Å². The summed E-state index contributed by atoms with van der Waals surface area (Å²) in [4.78, 5) is 16.7. The number of ketones is 1. The van der Waals surface area contributed by atoms with E-state index in [-0.39, 0.29) is 48.9 Å². The molecule has 5 aromatic rings. The number of allylic oxidation sites excluding steroid dienone is 2. The molecule has 0 aliphatic heterocycles. The first-order valence-corrected chi connectivity index (χ1v) is 23.7. The molecule has 0 aliphatic rings. The Balaban J connectivity index is 0.000000433. The molecular weight excluding hydrogens is 887 g/mol. The van der Waals surface area contributed by atoms with Gasteiger partial charge in [0.2, 0.25) is 0 Å². The van der Waals surface area contributed by atoms with Crippen LogP contribution in [0.3, 0.4) is 0 Å². The third kappa shape index (κ3) is 10.9. The van der Waals surface area contributed by atoms with Gasteiger partial charge in [-0.3, -0.25) is 9.78 Å². The van der Waals surface area contributed by atoms with Gasteiger partial charge in [0, 0.05) is 54.6 Å². The van der Waals surface area contributed by atoms with Crippen LogP contribution in [0, 0.1) is 36.7 Å². The molecule has 1 radical (unpaired) electrons. The van der Waals surface area contributed by atoms with Crippen LogP contribution in [0.2, 0.25) is 12.1 Å². The van der Waals surface area contributed by atoms with Gasteiger partial charge in [0.1, 0.15) is 8.07 Å². The maximum absolute atomic E-state index is 11.7. The maximum atomic E-state index is 11.7. The summed E-state index contributed by atoms with van der Waals surface area (Å²) in [6.07, 6.45) is 6.92. The molecule has 3 nitrogen and oxygen atoms in total. The van der Waals surface area contributed by atoms with Gasteiger partial charge in [0.15, 0.2) is 5.78 Å². The van der Waals surface area contributed by atoms with Gasteiger partial charge in [-0.1, -0.05) is 141 Å². The summed E-state index contributed by atoms with van der Waals surface area (Å²) in [5, 5.41) is 15.1. The van der Waals surface area contributed by atoms with Gasteiger partial charge in [-0.25, -0.2) is 0 Å². The molecule has 0 fully saturated rings. The van der Waals surface area contributed by atoms with Crippen molar-refractivity contribution in [3.05, 3.63) is 102 Å². The van der Waals surface area contributed by atoms with Crippen molar-refractivity contribution < 1.29 is 30.0 Å². The summed E-state index contributed by atoms with van der Waals surface area (Å²) >= 11 is 2.03. The normalized spacial score (nSPS) is 12.5. The number of fused-ring (bicyclic) bond motifs is 2. The van der Waals surface area contributed by atoms with Crippen LogP contribution in [0.15, 0.2) is 84.8 Å². The predicted molar refractivity (Wildman–Crippen MR) is 239 cm³/mol. The van der Waals surface area contributed by atoms with Crippen LogP contribution in [-0.2, 0) is 30.3 Å². The Hall–Kier alpha value is -2.89. The number of thiophene rings is 1. The summed E-state index contributed by atoms with van der Waals surface area (Å²) < 4.78 is 2.95. The standard InChI is InChI=1S/C36H42NSSi.C13H24O2.Ir/c1-24(2)22-39(23-25(3)4,29-15-10-9-11-16-29)35-26(5)30-18-19-37-33(34(30)38-35)28-20-27-14-12-13-17-31(27)32(21-28)36(6,7)8;1-5-10(6-2)12(14)9-13(15)11(7-3)8-4;/h9-19,21,24-25H,22-23H2,1-8H3;9-11,14H,5-8H2,1-4H3;/q-1;;/b;12-9-;. The number of hydrogen-bond donors (Lipinski definition) is 1. The largest absolute Gasteiger partial charge is 0.512 e. The fourth-order valence-corrected chi connectivity index (χ4v) is 17.1. The zero-order chi connectivity index (χ0) is 39.8. The van der Waals surface area contributed by atoms with Gasteiger partial charge >= 0.3 is 0 Å². The van der Waals surface area contributed by atoms with Crippen LogP contribution in [0.5, 0.6) is 0 Å². The number of rotatable bonds is 14. The summed E-state index contributed by atoms with van der Waals surface area (Å²) in [7, 11) is -2.03. The summed E-state index contributed by atoms with van der Waals surface area (Å²) in [6, 6.07) is 31.0. The van der Waals surface area contributed by atoms with E-state index in [2.05, 4.69) is 128 Å². The van der Waals surface area contributed by atoms with Crippen molar-refractivity contribution in [1.29, 1.82) is 0 Å². The number of aryl methyl sites for hydroxylation is 1. The van der Waals surface area contributed by atoms with Crippen molar-refractivity contribution in [1.82, 2.24) is 4.98 Å². The topological polar surface area (TPSA) is 50.2 Å². The van der Waals surface area contributed by atoms with Crippen LogP contribution in [0.4, 0.5) is 0 Å². The molecule has 0 unspecified atom stereocenters. The zero-order valence-corrected chi connectivity index (χ0v) is 39.8. The number of aliphatic hydroxyl groups is 1. The van der Waals surface area contributed by atoms with Crippen LogP contribution in [0.25, 0.3) is 32.1 Å². The van der Waals surface area contributed by atoms with E-state index in [1.54, 1.807) is 9.69 Å². The van der Waals surface area contributed by atoms with E-state index in [1.807, 2.05) is 45.2 Å². The molecule has 0 saturated carbocycles. The summed E-state index contributed by atoms with van der Waals surface area (Å²) in [6.45, 7) is 27.0. The van der Waals surface area contributed by atoms with Gasteiger partial charge in [-0.15, -0.1) is 29.1 Å². The number of pyridine rings is 1. The van der Waals surface area contributed by atoms with Gasteiger partial charge in [0.05, 0.1) is 5.76 Å². The van der Waals surface area contributed by atoms with E-state index in [4.69, 9.17) is 4.98 Å². The molecule has 5 rings (SSSR count). The SMILES string of the molecule is CCC(CC)C(=O)/C=C(\O)C(CC)CC.Cc1c([Si](CC(C)C)(CC(C)C)c2ccccc2)sc2c(-c3[c-]c4ccccc4c(C(C)(C)C)c3)nccc12.[Ir]. The van der Waals surface area contributed by atoms with Crippen molar-refractivity contribution in [3.8, 4) is 11.3 Å². The van der Waals surface area contributed by atoms with Gasteiger partial charge < -0.3 is 5.11 Å². The van der Waals surface area contributed by atoms with E-state index in [9.17, 15) is 9.90 Å². The zero-order valence-electron chi connectivity index (χ0n) is 35.6. The fraction of sp³-hybridized carbons (Fsp3) is 0.469. The van der Waals surface area contributed by atoms with Gasteiger partial charge in [-0.2, -0.15) is 11.3 Å². The van der Waals surface area contributed by atoms with Gasteiger partial charge in [0.25, 0.3) is 0 Å². The molecule has 3 aromatic carbocycles. The number of nitrogens with zero attached hydrogens (tertiary/aromatic N) is 1. The first-order valence-electron chi connectivity index (χ1n) is 20.5. The molecule has 0 atom stereocenters. The number of benzene rings is 3. The second-order valence-corrected chi connectivity index (χ2v) is 22.6. The van der Waals surface area contributed by atoms with E-state index in [0.717, 1.165) is 36.9 Å². The molecule has 2 heterocycles. The minimum absolute atomic E-state index is 0. The monoisotopic (exact) mass is 953 g/mol. The Bertz CT molecular complexity index is 2010. The van der Waals surface area contributed by atoms with Crippen LogP contribution < -0.4 is 9.69 Å². The Labute approximate surface area is 351 Å². The smallest absolute Gasteiger partial charge is 0.162 e. The average Bonchev–Trinajstić information content (AvgIpc) is 3.48. The van der Waals surface area contributed by atoms with Gasteiger partial charge in [-0.05, 0) is 83.5 Å². The molecule has 0 spiro atoms. The molecule has 55 heavy (non-hydrogen) atoms. The molecule has 1 N–H and O–H groups in total. The number of hydrogen-bond acceptors (Lipinski definition) is 4. The first-order chi connectivity index (χ1) is 25.6. The number of aromatic nitrogens is 1. The average molecular weight is 953 g/mol. The molecular formula is C49H66IrNO2SSi-. The summed E-state index contributed by atoms with van der Waals surface area (Å²) in [5.74, 6) is 1.83. The van der Waals surface area contributed by atoms with Crippen molar-refractivity contribution in [2.45, 2.75) is 126 Å². The minimum Gasteiger partial charge on any atom is -0.512 e. The minimum atomic E-state index is -2.03. The van der Waals surface area contributed by atoms with E-state index < -0.39 is 8.07 Å². The van der Waals surface area contributed by atoms with Crippen LogP contribution in [-0.4, -0.2) is 23.9 Å². The second kappa shape index (κ2) is 20.5. The van der Waals surface area contributed by atoms with Crippen LogP contribution >= 0.6 is 11.3 Å². The second-order valence-electron chi connectivity index (χ2n) is 17.1. The molecule has 0 bridgehead atoms. The Morgan fingerprint density at radius 3 is 1.95 bits per heavy atom. The van der Waals surface area contributed by atoms with Crippen LogP contribution in [0.1, 0.15) is 113 Å². The number of aliphatic hydroxyl groups excluding tert-OH is 1. The number of carbonyl (C=O) groups excluding carboxylic acids is 1.